The van der Waals surface area contributed by atoms with Gasteiger partial charge in [-0.15, -0.1) is 0 Å². The smallest absolute Gasteiger partial charge is 0.220 e. The van der Waals surface area contributed by atoms with Crippen molar-refractivity contribution in [1.82, 2.24) is 5.32 Å². The zero-order valence-corrected chi connectivity index (χ0v) is 11.3. The zero-order chi connectivity index (χ0) is 14.0. The number of hydrogen-bond acceptors (Lipinski definition) is 1. The van der Waals surface area contributed by atoms with E-state index in [0.29, 0.717) is 18.8 Å². The maximum absolute atomic E-state index is 13.3. The van der Waals surface area contributed by atoms with Crippen molar-refractivity contribution in [2.75, 3.05) is 0 Å². The third-order valence-electron chi connectivity index (χ3n) is 3.56. The van der Waals surface area contributed by atoms with Crippen LogP contribution in [0, 0.1) is 17.6 Å². The topological polar surface area (TPSA) is 29.1 Å². The molecule has 1 fully saturated rings. The Morgan fingerprint density at radius 2 is 2.05 bits per heavy atom. The summed E-state index contributed by atoms with van der Waals surface area (Å²) >= 11 is 0. The van der Waals surface area contributed by atoms with Gasteiger partial charge in [0.1, 0.15) is 0 Å². The van der Waals surface area contributed by atoms with Crippen LogP contribution in [-0.4, -0.2) is 11.4 Å². The quantitative estimate of drug-likeness (QED) is 0.891. The molecule has 1 aromatic rings. The first-order valence-electron chi connectivity index (χ1n) is 6.65. The predicted octanol–water partition coefficient (Wildman–Crippen LogP) is 3.20. The lowest BCUT2D eigenvalue weighted by atomic mass is 9.82. The summed E-state index contributed by atoms with van der Waals surface area (Å²) in [4.78, 5) is 11.5. The molecule has 0 spiro atoms. The second-order valence-electron chi connectivity index (χ2n) is 5.85. The molecule has 1 N–H and O–H groups in total. The Kier molecular flexibility index (Phi) is 3.88. The third-order valence-corrected chi connectivity index (χ3v) is 3.56. The number of carbonyl (C=O) groups is 1. The molecule has 4 heteroatoms. The summed E-state index contributed by atoms with van der Waals surface area (Å²) in [5.41, 5.74) is 0.414. The molecule has 2 nitrogen and oxygen atoms in total. The number of halogens is 2. The van der Waals surface area contributed by atoms with Crippen molar-refractivity contribution in [3.63, 3.8) is 0 Å². The van der Waals surface area contributed by atoms with E-state index < -0.39 is 11.6 Å². The number of carbonyl (C=O) groups excluding carboxylic acids is 1. The van der Waals surface area contributed by atoms with Crippen molar-refractivity contribution in [3.8, 4) is 0 Å². The summed E-state index contributed by atoms with van der Waals surface area (Å²) in [6.07, 6.45) is 2.66. The van der Waals surface area contributed by atoms with E-state index in [1.165, 1.54) is 6.07 Å². The van der Waals surface area contributed by atoms with Gasteiger partial charge in [0, 0.05) is 12.0 Å². The second-order valence-corrected chi connectivity index (χ2v) is 5.85. The first-order chi connectivity index (χ1) is 8.90. The Morgan fingerprint density at radius 3 is 2.58 bits per heavy atom. The molecule has 0 bridgehead atoms. The lowest BCUT2D eigenvalue weighted by molar-refractivity contribution is -0.119. The average Bonchev–Trinajstić information content (AvgIpc) is 2.64. The highest BCUT2D eigenvalue weighted by Gasteiger charge is 2.38. The fourth-order valence-electron chi connectivity index (χ4n) is 2.95. The minimum Gasteiger partial charge on any atom is -0.350 e. The molecule has 0 aliphatic carbocycles. The second kappa shape index (κ2) is 5.27. The normalized spacial score (nSPS) is 22.9. The standard InChI is InChI=1S/C15H19F2NO/c1-10(2)8-15(6-5-14(19)18-15)9-11-3-4-12(16)13(17)7-11/h3-4,7,10H,5-6,8-9H2,1-2H3,(H,18,19). The van der Waals surface area contributed by atoms with Crippen LogP contribution in [0.1, 0.15) is 38.7 Å². The lowest BCUT2D eigenvalue weighted by Gasteiger charge is -2.31. The number of nitrogens with one attached hydrogen (secondary N) is 1. The summed E-state index contributed by atoms with van der Waals surface area (Å²) in [6, 6.07) is 3.96. The molecule has 104 valence electrons. The molecule has 1 heterocycles. The van der Waals surface area contributed by atoms with Crippen molar-refractivity contribution in [3.05, 3.63) is 35.4 Å². The van der Waals surface area contributed by atoms with Crippen LogP contribution in [-0.2, 0) is 11.2 Å². The molecule has 1 atom stereocenters. The van der Waals surface area contributed by atoms with Gasteiger partial charge in [0.05, 0.1) is 0 Å². The Balaban J connectivity index is 2.20. The maximum atomic E-state index is 13.3. The molecule has 0 saturated carbocycles. The monoisotopic (exact) mass is 267 g/mol. The largest absolute Gasteiger partial charge is 0.350 e. The molecule has 1 aromatic carbocycles. The van der Waals surface area contributed by atoms with Crippen molar-refractivity contribution in [1.29, 1.82) is 0 Å². The molecule has 19 heavy (non-hydrogen) atoms. The van der Waals surface area contributed by atoms with E-state index in [1.54, 1.807) is 6.07 Å². The minimum absolute atomic E-state index is 0.0447. The number of amides is 1. The Bertz CT molecular complexity index is 487. The van der Waals surface area contributed by atoms with Gasteiger partial charge in [0.2, 0.25) is 5.91 Å². The van der Waals surface area contributed by atoms with Gasteiger partial charge in [0.25, 0.3) is 0 Å². The molecule has 1 saturated heterocycles. The molecule has 0 radical (unpaired) electrons. The van der Waals surface area contributed by atoms with Crippen molar-refractivity contribution in [2.45, 2.75) is 45.1 Å². The van der Waals surface area contributed by atoms with E-state index in [2.05, 4.69) is 19.2 Å². The van der Waals surface area contributed by atoms with Crippen LogP contribution in [0.25, 0.3) is 0 Å². The van der Waals surface area contributed by atoms with E-state index in [-0.39, 0.29) is 11.4 Å². The number of rotatable bonds is 4. The molecule has 2 rings (SSSR count). The van der Waals surface area contributed by atoms with E-state index >= 15 is 0 Å². The van der Waals surface area contributed by atoms with E-state index in [1.807, 2.05) is 0 Å². The summed E-state index contributed by atoms with van der Waals surface area (Å²) in [7, 11) is 0. The first-order valence-corrected chi connectivity index (χ1v) is 6.65. The van der Waals surface area contributed by atoms with E-state index in [4.69, 9.17) is 0 Å². The van der Waals surface area contributed by atoms with Gasteiger partial charge in [0.15, 0.2) is 11.6 Å². The maximum Gasteiger partial charge on any atom is 0.220 e. The van der Waals surface area contributed by atoms with Gasteiger partial charge in [-0.2, -0.15) is 0 Å². The van der Waals surface area contributed by atoms with Crippen LogP contribution in [0.3, 0.4) is 0 Å². The highest BCUT2D eigenvalue weighted by molar-refractivity contribution is 5.79. The molecular formula is C15H19F2NO. The first kappa shape index (κ1) is 14.0. The Morgan fingerprint density at radius 1 is 1.32 bits per heavy atom. The van der Waals surface area contributed by atoms with Crippen LogP contribution in [0.4, 0.5) is 8.78 Å². The highest BCUT2D eigenvalue weighted by atomic mass is 19.2. The summed E-state index contributed by atoms with van der Waals surface area (Å²) < 4.78 is 26.2. The van der Waals surface area contributed by atoms with Crippen LogP contribution >= 0.6 is 0 Å². The minimum atomic E-state index is -0.836. The number of benzene rings is 1. The van der Waals surface area contributed by atoms with Gasteiger partial charge < -0.3 is 5.32 Å². The lowest BCUT2D eigenvalue weighted by Crippen LogP contribution is -2.44. The van der Waals surface area contributed by atoms with E-state index in [0.717, 1.165) is 24.5 Å². The van der Waals surface area contributed by atoms with Crippen molar-refractivity contribution >= 4 is 5.91 Å². The third kappa shape index (κ3) is 3.31. The van der Waals surface area contributed by atoms with Gasteiger partial charge >= 0.3 is 0 Å². The predicted molar refractivity (Wildman–Crippen MR) is 69.6 cm³/mol. The molecule has 1 amide bonds. The fourth-order valence-corrected chi connectivity index (χ4v) is 2.95. The highest BCUT2D eigenvalue weighted by Crippen LogP contribution is 2.31. The van der Waals surface area contributed by atoms with Crippen molar-refractivity contribution < 1.29 is 13.6 Å². The molecule has 1 aliphatic heterocycles. The van der Waals surface area contributed by atoms with Gasteiger partial charge in [-0.25, -0.2) is 8.78 Å². The molecule has 1 unspecified atom stereocenters. The molecular weight excluding hydrogens is 248 g/mol. The summed E-state index contributed by atoms with van der Waals surface area (Å²) in [6.45, 7) is 4.19. The molecule has 1 aliphatic rings. The summed E-state index contributed by atoms with van der Waals surface area (Å²) in [5, 5.41) is 3.03. The van der Waals surface area contributed by atoms with E-state index in [9.17, 15) is 13.6 Å². The zero-order valence-electron chi connectivity index (χ0n) is 11.3. The van der Waals surface area contributed by atoms with Crippen LogP contribution < -0.4 is 5.32 Å². The summed E-state index contributed by atoms with van der Waals surface area (Å²) in [5.74, 6) is -1.19. The van der Waals surface area contributed by atoms with Gasteiger partial charge in [-0.3, -0.25) is 4.79 Å². The SMILES string of the molecule is CC(C)CC1(Cc2ccc(F)c(F)c2)CCC(=O)N1. The number of hydrogen-bond donors (Lipinski definition) is 1. The van der Waals surface area contributed by atoms with Crippen LogP contribution in [0.2, 0.25) is 0 Å². The van der Waals surface area contributed by atoms with Crippen molar-refractivity contribution in [2.24, 2.45) is 5.92 Å². The Hall–Kier alpha value is -1.45. The van der Waals surface area contributed by atoms with Gasteiger partial charge in [-0.05, 0) is 42.9 Å². The van der Waals surface area contributed by atoms with Crippen LogP contribution in [0.15, 0.2) is 18.2 Å². The molecule has 0 aromatic heterocycles. The Labute approximate surface area is 112 Å². The van der Waals surface area contributed by atoms with Gasteiger partial charge in [-0.1, -0.05) is 19.9 Å². The van der Waals surface area contributed by atoms with Crippen LogP contribution in [0.5, 0.6) is 0 Å². The average molecular weight is 267 g/mol. The fraction of sp³-hybridized carbons (Fsp3) is 0.533.